The van der Waals surface area contributed by atoms with Crippen LogP contribution in [0.1, 0.15) is 19.0 Å². The van der Waals surface area contributed by atoms with Crippen molar-refractivity contribution in [3.63, 3.8) is 0 Å². The second-order valence-corrected chi connectivity index (χ2v) is 3.63. The van der Waals surface area contributed by atoms with Crippen LogP contribution in [0, 0.1) is 0 Å². The summed E-state index contributed by atoms with van der Waals surface area (Å²) in [7, 11) is 0. The van der Waals surface area contributed by atoms with Gasteiger partial charge in [0.05, 0.1) is 18.3 Å². The van der Waals surface area contributed by atoms with Crippen LogP contribution in [0.3, 0.4) is 0 Å². The molecule has 0 aliphatic rings. The van der Waals surface area contributed by atoms with Crippen LogP contribution in [0.15, 0.2) is 18.3 Å². The molecule has 0 saturated carbocycles. The van der Waals surface area contributed by atoms with Gasteiger partial charge in [-0.1, -0.05) is 6.92 Å². The highest BCUT2D eigenvalue weighted by molar-refractivity contribution is 5.84. The first-order chi connectivity index (χ1) is 8.02. The van der Waals surface area contributed by atoms with E-state index >= 15 is 0 Å². The summed E-state index contributed by atoms with van der Waals surface area (Å²) in [6, 6.07) is 2.43. The van der Waals surface area contributed by atoms with Gasteiger partial charge < -0.3 is 16.2 Å². The molecular formula is C11H15N3O3. The topological polar surface area (TPSA) is 105 Å². The summed E-state index contributed by atoms with van der Waals surface area (Å²) < 4.78 is 0. The van der Waals surface area contributed by atoms with Crippen LogP contribution in [-0.4, -0.2) is 28.0 Å². The number of nitrogens with two attached hydrogens (primary N) is 1. The minimum atomic E-state index is -1.04. The molecule has 1 aromatic rings. The molecule has 6 nitrogen and oxygen atoms in total. The first kappa shape index (κ1) is 13.0. The Hall–Kier alpha value is -2.11. The highest BCUT2D eigenvalue weighted by atomic mass is 16.4. The quantitative estimate of drug-likeness (QED) is 0.677. The number of carbonyl (C=O) groups is 2. The summed E-state index contributed by atoms with van der Waals surface area (Å²) in [6.07, 6.45) is 1.84. The van der Waals surface area contributed by atoms with Crippen molar-refractivity contribution in [1.82, 2.24) is 10.3 Å². The summed E-state index contributed by atoms with van der Waals surface area (Å²) in [5.74, 6) is -1.40. The van der Waals surface area contributed by atoms with Gasteiger partial charge in [-0.2, -0.15) is 0 Å². The lowest BCUT2D eigenvalue weighted by molar-refractivity contribution is -0.141. The number of nitrogens with zero attached hydrogens (tertiary/aromatic N) is 1. The van der Waals surface area contributed by atoms with Gasteiger partial charge in [-0.25, -0.2) is 4.79 Å². The highest BCUT2D eigenvalue weighted by Gasteiger charge is 2.17. The van der Waals surface area contributed by atoms with Gasteiger partial charge in [-0.15, -0.1) is 0 Å². The number of carbonyl (C=O) groups excluding carboxylic acids is 1. The van der Waals surface area contributed by atoms with Crippen molar-refractivity contribution in [2.45, 2.75) is 25.8 Å². The predicted octanol–water partition coefficient (Wildman–Crippen LogP) is 0.186. The van der Waals surface area contributed by atoms with Gasteiger partial charge in [0.15, 0.2) is 0 Å². The van der Waals surface area contributed by atoms with E-state index in [1.54, 1.807) is 19.1 Å². The lowest BCUT2D eigenvalue weighted by Crippen LogP contribution is -2.41. The number of amides is 1. The van der Waals surface area contributed by atoms with E-state index in [2.05, 4.69) is 10.3 Å². The molecule has 17 heavy (non-hydrogen) atoms. The van der Waals surface area contributed by atoms with Gasteiger partial charge in [0.25, 0.3) is 0 Å². The number of pyridine rings is 1. The van der Waals surface area contributed by atoms with Gasteiger partial charge >= 0.3 is 5.97 Å². The smallest absolute Gasteiger partial charge is 0.326 e. The molecule has 0 bridgehead atoms. The molecule has 6 heteroatoms. The molecule has 0 aliphatic carbocycles. The summed E-state index contributed by atoms with van der Waals surface area (Å²) in [5.41, 5.74) is 6.53. The Bertz CT molecular complexity index is 403. The van der Waals surface area contributed by atoms with Gasteiger partial charge in [0, 0.05) is 5.69 Å². The summed E-state index contributed by atoms with van der Waals surface area (Å²) in [6.45, 7) is 1.69. The van der Waals surface area contributed by atoms with E-state index in [0.717, 1.165) is 0 Å². The number of aromatic nitrogens is 1. The van der Waals surface area contributed by atoms with Crippen molar-refractivity contribution in [3.05, 3.63) is 24.0 Å². The Kier molecular flexibility index (Phi) is 4.45. The summed E-state index contributed by atoms with van der Waals surface area (Å²) in [4.78, 5) is 26.2. The maximum atomic E-state index is 11.5. The number of aliphatic carboxylic acids is 1. The Labute approximate surface area is 98.8 Å². The predicted molar refractivity (Wildman–Crippen MR) is 62.2 cm³/mol. The molecule has 0 aliphatic heterocycles. The number of anilines is 1. The molecule has 4 N–H and O–H groups in total. The molecule has 0 fully saturated rings. The number of nitrogens with one attached hydrogen (secondary N) is 1. The number of carboxylic acids is 1. The molecule has 1 amide bonds. The molecular weight excluding hydrogens is 222 g/mol. The minimum Gasteiger partial charge on any atom is -0.480 e. The largest absolute Gasteiger partial charge is 0.480 e. The molecule has 92 valence electrons. The van der Waals surface area contributed by atoms with Gasteiger partial charge in [0.2, 0.25) is 5.91 Å². The second-order valence-electron chi connectivity index (χ2n) is 3.63. The zero-order valence-corrected chi connectivity index (χ0v) is 9.51. The van der Waals surface area contributed by atoms with Crippen molar-refractivity contribution in [2.24, 2.45) is 0 Å². The third-order valence-corrected chi connectivity index (χ3v) is 2.23. The maximum Gasteiger partial charge on any atom is 0.326 e. The number of nitrogen functional groups attached to an aromatic ring is 1. The van der Waals surface area contributed by atoms with Crippen LogP contribution in [-0.2, 0) is 16.0 Å². The Morgan fingerprint density at radius 2 is 2.24 bits per heavy atom. The van der Waals surface area contributed by atoms with E-state index in [1.807, 2.05) is 0 Å². The fraction of sp³-hybridized carbons (Fsp3) is 0.364. The average molecular weight is 237 g/mol. The molecule has 1 heterocycles. The SMILES string of the molecule is CC[C@@H](NC(=O)Cc1ccc(N)cn1)C(=O)O. The van der Waals surface area contributed by atoms with E-state index < -0.39 is 12.0 Å². The molecule has 1 atom stereocenters. The first-order valence-electron chi connectivity index (χ1n) is 5.25. The van der Waals surface area contributed by atoms with Crippen molar-refractivity contribution >= 4 is 17.6 Å². The third-order valence-electron chi connectivity index (χ3n) is 2.23. The molecule has 1 rings (SSSR count). The molecule has 0 unspecified atom stereocenters. The van der Waals surface area contributed by atoms with Crippen molar-refractivity contribution in [2.75, 3.05) is 5.73 Å². The van der Waals surface area contributed by atoms with Crippen LogP contribution < -0.4 is 11.1 Å². The van der Waals surface area contributed by atoms with Gasteiger partial charge in [-0.05, 0) is 18.6 Å². The minimum absolute atomic E-state index is 0.0457. The van der Waals surface area contributed by atoms with Crippen molar-refractivity contribution in [1.29, 1.82) is 0 Å². The number of hydrogen-bond donors (Lipinski definition) is 3. The van der Waals surface area contributed by atoms with E-state index in [9.17, 15) is 9.59 Å². The zero-order valence-electron chi connectivity index (χ0n) is 9.51. The summed E-state index contributed by atoms with van der Waals surface area (Å²) in [5, 5.41) is 11.2. The third kappa shape index (κ3) is 4.10. The fourth-order valence-corrected chi connectivity index (χ4v) is 1.29. The number of rotatable bonds is 5. The zero-order chi connectivity index (χ0) is 12.8. The monoisotopic (exact) mass is 237 g/mol. The number of hydrogen-bond acceptors (Lipinski definition) is 4. The highest BCUT2D eigenvalue weighted by Crippen LogP contribution is 2.02. The Morgan fingerprint density at radius 1 is 1.53 bits per heavy atom. The van der Waals surface area contributed by atoms with Gasteiger partial charge in [-0.3, -0.25) is 9.78 Å². The van der Waals surface area contributed by atoms with Crippen molar-refractivity contribution < 1.29 is 14.7 Å². The molecule has 0 saturated heterocycles. The van der Waals surface area contributed by atoms with Crippen molar-refractivity contribution in [3.8, 4) is 0 Å². The van der Waals surface area contributed by atoms with E-state index in [1.165, 1.54) is 6.20 Å². The average Bonchev–Trinajstić information content (AvgIpc) is 2.28. The van der Waals surface area contributed by atoms with Crippen LogP contribution in [0.25, 0.3) is 0 Å². The second kappa shape index (κ2) is 5.83. The van der Waals surface area contributed by atoms with Crippen LogP contribution in [0.4, 0.5) is 5.69 Å². The lowest BCUT2D eigenvalue weighted by Gasteiger charge is -2.11. The molecule has 0 spiro atoms. The van der Waals surface area contributed by atoms with E-state index in [4.69, 9.17) is 10.8 Å². The Morgan fingerprint density at radius 3 is 2.71 bits per heavy atom. The van der Waals surface area contributed by atoms with Gasteiger partial charge in [0.1, 0.15) is 6.04 Å². The van der Waals surface area contributed by atoms with E-state index in [0.29, 0.717) is 17.8 Å². The van der Waals surface area contributed by atoms with Crippen LogP contribution >= 0.6 is 0 Å². The standard InChI is InChI=1S/C11H15N3O3/c1-2-9(11(16)17)14-10(15)5-8-4-3-7(12)6-13-8/h3-4,6,9H,2,5,12H2,1H3,(H,14,15)(H,16,17)/t9-/m1/s1. The van der Waals surface area contributed by atoms with Crippen LogP contribution in [0.5, 0.6) is 0 Å². The fourth-order valence-electron chi connectivity index (χ4n) is 1.29. The maximum absolute atomic E-state index is 11.5. The van der Waals surface area contributed by atoms with E-state index in [-0.39, 0.29) is 12.3 Å². The first-order valence-corrected chi connectivity index (χ1v) is 5.25. The Balaban J connectivity index is 2.54. The summed E-state index contributed by atoms with van der Waals surface area (Å²) >= 11 is 0. The molecule has 0 radical (unpaired) electrons. The normalized spacial score (nSPS) is 11.8. The number of carboxylic acid groups (broad SMARTS) is 1. The molecule has 1 aromatic heterocycles. The van der Waals surface area contributed by atoms with Crippen LogP contribution in [0.2, 0.25) is 0 Å². The molecule has 0 aromatic carbocycles. The lowest BCUT2D eigenvalue weighted by atomic mass is 10.2.